The first-order chi connectivity index (χ1) is 15.9. The van der Waals surface area contributed by atoms with Crippen LogP contribution in [0.4, 0.5) is 4.39 Å². The molecule has 33 heavy (non-hydrogen) atoms. The lowest BCUT2D eigenvalue weighted by Gasteiger charge is -2.30. The van der Waals surface area contributed by atoms with E-state index in [-0.39, 0.29) is 5.57 Å². The molecule has 1 N–H and O–H groups in total. The van der Waals surface area contributed by atoms with E-state index in [9.17, 15) is 19.1 Å². The third-order valence-corrected chi connectivity index (χ3v) is 6.28. The van der Waals surface area contributed by atoms with Crippen LogP contribution in [-0.4, -0.2) is 63.1 Å². The Bertz CT molecular complexity index is 1080. The van der Waals surface area contributed by atoms with Gasteiger partial charge in [0.2, 0.25) is 5.78 Å². The molecule has 2 fully saturated rings. The van der Waals surface area contributed by atoms with Crippen molar-refractivity contribution >= 4 is 17.4 Å². The van der Waals surface area contributed by atoms with E-state index in [0.29, 0.717) is 43.2 Å². The second-order valence-electron chi connectivity index (χ2n) is 8.32. The van der Waals surface area contributed by atoms with Gasteiger partial charge >= 0.3 is 0 Å². The van der Waals surface area contributed by atoms with Gasteiger partial charge in [0.15, 0.2) is 0 Å². The highest BCUT2D eigenvalue weighted by molar-refractivity contribution is 6.46. The summed E-state index contributed by atoms with van der Waals surface area (Å²) in [5, 5.41) is 13.5. The Morgan fingerprint density at radius 1 is 1.18 bits per heavy atom. The van der Waals surface area contributed by atoms with Gasteiger partial charge < -0.3 is 24.4 Å². The molecule has 174 valence electrons. The number of likely N-dealkylation sites (tertiary alicyclic amines) is 1. The standard InChI is InChI=1S/C25H27FN2O5/c1-16-15-18(5-8-20(16)32-2)23(29)21-22(17-3-6-19(26)7-4-17)28(25(31)24(21)30)10-9-27-11-13-33-14-12-27/h3-8,15,22,29H,9-14H2,1-2H3. The number of hydrogen-bond donors (Lipinski definition) is 1. The number of nitrogens with zero attached hydrogens (tertiary/aromatic N) is 1. The van der Waals surface area contributed by atoms with Crippen LogP contribution in [0.15, 0.2) is 48.0 Å². The van der Waals surface area contributed by atoms with E-state index in [0.717, 1.165) is 18.7 Å². The number of nitrogens with one attached hydrogen (secondary N) is 1. The van der Waals surface area contributed by atoms with E-state index in [1.165, 1.54) is 41.2 Å². The zero-order chi connectivity index (χ0) is 23.5. The lowest BCUT2D eigenvalue weighted by atomic mass is 9.94. The maximum atomic E-state index is 13.6. The Hall–Kier alpha value is -3.23. The average molecular weight is 454 g/mol. The molecule has 2 aromatic carbocycles. The summed E-state index contributed by atoms with van der Waals surface area (Å²) in [5.74, 6) is -1.83. The summed E-state index contributed by atoms with van der Waals surface area (Å²) in [6, 6.07) is 9.62. The van der Waals surface area contributed by atoms with E-state index >= 15 is 0 Å². The average Bonchev–Trinajstić information content (AvgIpc) is 3.08. The van der Waals surface area contributed by atoms with Crippen molar-refractivity contribution in [2.24, 2.45) is 0 Å². The van der Waals surface area contributed by atoms with Crippen molar-refractivity contribution in [2.45, 2.75) is 13.0 Å². The van der Waals surface area contributed by atoms with Gasteiger partial charge in [-0.25, -0.2) is 4.39 Å². The second kappa shape index (κ2) is 9.72. The first-order valence-corrected chi connectivity index (χ1v) is 11.0. The van der Waals surface area contributed by atoms with Crippen molar-refractivity contribution in [3.8, 4) is 5.75 Å². The predicted octanol–water partition coefficient (Wildman–Crippen LogP) is 0.282. The third kappa shape index (κ3) is 4.62. The number of halogens is 1. The number of quaternary nitrogens is 1. The van der Waals surface area contributed by atoms with Crippen LogP contribution < -0.4 is 14.7 Å². The summed E-state index contributed by atoms with van der Waals surface area (Å²) in [4.78, 5) is 28.8. The molecule has 2 heterocycles. The molecule has 2 saturated heterocycles. The number of carbonyl (C=O) groups excluding carboxylic acids is 2. The molecule has 0 spiro atoms. The van der Waals surface area contributed by atoms with Gasteiger partial charge in [0.05, 0.1) is 39.5 Å². The Kier molecular flexibility index (Phi) is 6.76. The molecule has 1 atom stereocenters. The molecule has 0 radical (unpaired) electrons. The van der Waals surface area contributed by atoms with Crippen molar-refractivity contribution < 1.29 is 33.5 Å². The second-order valence-corrected chi connectivity index (χ2v) is 8.32. The molecule has 0 aromatic heterocycles. The Morgan fingerprint density at radius 2 is 1.88 bits per heavy atom. The van der Waals surface area contributed by atoms with Crippen LogP contribution in [0, 0.1) is 12.7 Å². The van der Waals surface area contributed by atoms with Crippen molar-refractivity contribution in [3.63, 3.8) is 0 Å². The highest BCUT2D eigenvalue weighted by Gasteiger charge is 2.44. The number of Topliss-reactive ketones (excluding diaryl/α,β-unsaturated/α-hetero) is 1. The van der Waals surface area contributed by atoms with Crippen LogP contribution in [0.2, 0.25) is 0 Å². The smallest absolute Gasteiger partial charge is 0.295 e. The summed E-state index contributed by atoms with van der Waals surface area (Å²) >= 11 is 0. The molecular formula is C25H27FN2O5. The first kappa shape index (κ1) is 22.9. The molecule has 0 saturated carbocycles. The van der Waals surface area contributed by atoms with Crippen LogP contribution in [0.5, 0.6) is 5.75 Å². The van der Waals surface area contributed by atoms with Crippen LogP contribution in [-0.2, 0) is 14.3 Å². The molecule has 2 aliphatic rings. The minimum absolute atomic E-state index is 0.104. The maximum Gasteiger partial charge on any atom is 0.295 e. The largest absolute Gasteiger partial charge is 0.872 e. The molecule has 2 aliphatic heterocycles. The van der Waals surface area contributed by atoms with Gasteiger partial charge in [-0.05, 0) is 47.9 Å². The maximum absolute atomic E-state index is 13.6. The fraction of sp³-hybridized carbons (Fsp3) is 0.360. The lowest BCUT2D eigenvalue weighted by Crippen LogP contribution is -3.14. The first-order valence-electron chi connectivity index (χ1n) is 11.0. The molecule has 2 aromatic rings. The van der Waals surface area contributed by atoms with Crippen LogP contribution in [0.3, 0.4) is 0 Å². The summed E-state index contributed by atoms with van der Waals surface area (Å²) in [6.45, 7) is 5.67. The van der Waals surface area contributed by atoms with Gasteiger partial charge in [0.1, 0.15) is 24.7 Å². The third-order valence-electron chi connectivity index (χ3n) is 6.28. The molecule has 1 unspecified atom stereocenters. The lowest BCUT2D eigenvalue weighted by molar-refractivity contribution is -0.907. The summed E-state index contributed by atoms with van der Waals surface area (Å²) in [7, 11) is 1.54. The molecule has 0 aliphatic carbocycles. The van der Waals surface area contributed by atoms with Gasteiger partial charge in [-0.1, -0.05) is 24.0 Å². The molecule has 7 nitrogen and oxygen atoms in total. The van der Waals surface area contributed by atoms with Gasteiger partial charge in [0, 0.05) is 5.57 Å². The molecule has 1 amide bonds. The number of methoxy groups -OCH3 is 1. The van der Waals surface area contributed by atoms with E-state index < -0.39 is 29.3 Å². The normalized spacial score (nSPS) is 20.9. The number of benzene rings is 2. The van der Waals surface area contributed by atoms with E-state index in [2.05, 4.69) is 0 Å². The fourth-order valence-corrected chi connectivity index (χ4v) is 4.46. The summed E-state index contributed by atoms with van der Waals surface area (Å²) in [5.41, 5.74) is 1.47. The van der Waals surface area contributed by atoms with E-state index in [1.807, 2.05) is 0 Å². The van der Waals surface area contributed by atoms with Crippen LogP contribution in [0.25, 0.3) is 5.76 Å². The zero-order valence-electron chi connectivity index (χ0n) is 18.7. The number of carbonyl (C=O) groups is 2. The Labute approximate surface area is 192 Å². The Balaban J connectivity index is 1.74. The Morgan fingerprint density at radius 3 is 2.52 bits per heavy atom. The monoisotopic (exact) mass is 454 g/mol. The minimum Gasteiger partial charge on any atom is -0.872 e. The number of ketones is 1. The van der Waals surface area contributed by atoms with Gasteiger partial charge in [-0.15, -0.1) is 0 Å². The molecule has 0 bridgehead atoms. The number of rotatable bonds is 6. The highest BCUT2D eigenvalue weighted by Crippen LogP contribution is 2.38. The highest BCUT2D eigenvalue weighted by atomic mass is 19.1. The van der Waals surface area contributed by atoms with E-state index in [1.54, 1.807) is 25.1 Å². The number of morpholine rings is 1. The number of ether oxygens (including phenoxy) is 2. The van der Waals surface area contributed by atoms with Gasteiger partial charge in [-0.3, -0.25) is 9.59 Å². The molecule has 8 heteroatoms. The summed E-state index contributed by atoms with van der Waals surface area (Å²) in [6.07, 6.45) is 0. The van der Waals surface area contributed by atoms with Crippen molar-refractivity contribution in [3.05, 3.63) is 70.5 Å². The van der Waals surface area contributed by atoms with Crippen molar-refractivity contribution in [1.29, 1.82) is 0 Å². The minimum atomic E-state index is -0.860. The van der Waals surface area contributed by atoms with Crippen LogP contribution in [0.1, 0.15) is 22.7 Å². The van der Waals surface area contributed by atoms with Crippen molar-refractivity contribution in [1.82, 2.24) is 4.90 Å². The van der Waals surface area contributed by atoms with Crippen LogP contribution >= 0.6 is 0 Å². The fourth-order valence-electron chi connectivity index (χ4n) is 4.46. The topological polar surface area (TPSA) is 83.3 Å². The predicted molar refractivity (Wildman–Crippen MR) is 117 cm³/mol. The molecule has 4 rings (SSSR count). The van der Waals surface area contributed by atoms with Crippen molar-refractivity contribution in [2.75, 3.05) is 46.5 Å². The number of amides is 1. The zero-order valence-corrected chi connectivity index (χ0v) is 18.7. The summed E-state index contributed by atoms with van der Waals surface area (Å²) < 4.78 is 24.2. The quantitative estimate of drug-likeness (QED) is 0.385. The molecular weight excluding hydrogens is 427 g/mol. The van der Waals surface area contributed by atoms with Gasteiger partial charge in [0.25, 0.3) is 5.91 Å². The van der Waals surface area contributed by atoms with Gasteiger partial charge in [-0.2, -0.15) is 0 Å². The number of aryl methyl sites for hydroxylation is 1. The van der Waals surface area contributed by atoms with E-state index in [4.69, 9.17) is 9.47 Å². The SMILES string of the molecule is COc1ccc(C([O-])=C2C(=O)C(=O)N(CC[NH+]3CCOCC3)C2c2ccc(F)cc2)cc1C. The number of hydrogen-bond acceptors (Lipinski definition) is 5.